The van der Waals surface area contributed by atoms with Gasteiger partial charge in [-0.15, -0.1) is 0 Å². The van der Waals surface area contributed by atoms with Crippen molar-refractivity contribution >= 4 is 23.6 Å². The Morgan fingerprint density at radius 2 is 2.43 bits per heavy atom. The zero-order valence-electron chi connectivity index (χ0n) is 4.19. The summed E-state index contributed by atoms with van der Waals surface area (Å²) in [7, 11) is 0. The van der Waals surface area contributed by atoms with Gasteiger partial charge in [0.1, 0.15) is 0 Å². The molecule has 40 valence electrons. The first-order valence-corrected chi connectivity index (χ1v) is 2.35. The van der Waals surface area contributed by atoms with Gasteiger partial charge in [0.25, 0.3) is 0 Å². The molecule has 0 spiro atoms. The van der Waals surface area contributed by atoms with Crippen molar-refractivity contribution in [2.45, 2.75) is 6.92 Å². The van der Waals surface area contributed by atoms with Gasteiger partial charge in [0.05, 0.1) is 0 Å². The van der Waals surface area contributed by atoms with Crippen molar-refractivity contribution in [1.29, 1.82) is 0 Å². The summed E-state index contributed by atoms with van der Waals surface area (Å²) >= 11 is 5.29. The molecule has 2 nitrogen and oxygen atoms in total. The molecule has 0 saturated heterocycles. The highest BCUT2D eigenvalue weighted by atomic mass is 35.5. The van der Waals surface area contributed by atoms with E-state index >= 15 is 0 Å². The third-order valence-electron chi connectivity index (χ3n) is 0.419. The normalized spacial score (nSPS) is 11.4. The molecule has 0 aromatic heterocycles. The first-order chi connectivity index (χ1) is 3.31. The Balaban J connectivity index is 3.49. The largest absolute Gasteiger partial charge is 0.257 e. The Labute approximate surface area is 47.9 Å². The topological polar surface area (TPSA) is 24.7 Å². The Hall–Kier alpha value is -0.370. The van der Waals surface area contributed by atoms with E-state index in [0.717, 1.165) is 0 Å². The zero-order valence-corrected chi connectivity index (χ0v) is 4.94. The predicted octanol–water partition coefficient (Wildman–Crippen LogP) is 1.30. The highest BCUT2D eigenvalue weighted by Gasteiger charge is 1.77. The first-order valence-electron chi connectivity index (χ1n) is 1.98. The van der Waals surface area contributed by atoms with Crippen molar-refractivity contribution in [3.63, 3.8) is 0 Å². The molecule has 0 aromatic rings. The molecule has 0 heterocycles. The lowest BCUT2D eigenvalue weighted by Gasteiger charge is -1.80. The summed E-state index contributed by atoms with van der Waals surface area (Å²) < 4.78 is 0. The van der Waals surface area contributed by atoms with Gasteiger partial charge < -0.3 is 0 Å². The minimum absolute atomic E-state index is 0.238. The number of nitrogens with zero attached hydrogens (tertiary/aromatic N) is 2. The maximum Gasteiger partial charge on any atom is 0.217 e. The first kappa shape index (κ1) is 6.63. The predicted molar refractivity (Wildman–Crippen MR) is 33.4 cm³/mol. The molecule has 0 aliphatic rings. The Morgan fingerprint density at radius 3 is 2.57 bits per heavy atom. The molecule has 3 heteroatoms. The summed E-state index contributed by atoms with van der Waals surface area (Å²) in [6, 6.07) is 0. The molecule has 0 N–H and O–H groups in total. The summed E-state index contributed by atoms with van der Waals surface area (Å²) in [5.41, 5.74) is 0. The molecule has 0 aliphatic heterocycles. The lowest BCUT2D eigenvalue weighted by Crippen LogP contribution is -1.78. The van der Waals surface area contributed by atoms with E-state index in [-0.39, 0.29) is 5.29 Å². The number of halogens is 1. The van der Waals surface area contributed by atoms with Gasteiger partial charge >= 0.3 is 0 Å². The molecule has 0 aliphatic carbocycles. The third kappa shape index (κ3) is 3.46. The standard InChI is InChI=1S/C4H7ClN2/c1-3-7-4(5)6-2/h2-3H2,1H3. The molecule has 0 radical (unpaired) electrons. The molecule has 7 heavy (non-hydrogen) atoms. The molecule has 0 aromatic carbocycles. The van der Waals surface area contributed by atoms with Gasteiger partial charge in [-0.05, 0) is 25.2 Å². The minimum Gasteiger partial charge on any atom is -0.257 e. The van der Waals surface area contributed by atoms with Gasteiger partial charge in [-0.25, -0.2) is 4.99 Å². The van der Waals surface area contributed by atoms with Crippen LogP contribution in [0.4, 0.5) is 0 Å². The van der Waals surface area contributed by atoms with E-state index < -0.39 is 0 Å². The van der Waals surface area contributed by atoms with Crippen molar-refractivity contribution < 1.29 is 0 Å². The van der Waals surface area contributed by atoms with Gasteiger partial charge in [0.15, 0.2) is 0 Å². The van der Waals surface area contributed by atoms with Gasteiger partial charge in [0.2, 0.25) is 5.29 Å². The molecule has 0 fully saturated rings. The van der Waals surface area contributed by atoms with Crippen molar-refractivity contribution in [2.24, 2.45) is 9.98 Å². The van der Waals surface area contributed by atoms with Crippen molar-refractivity contribution in [1.82, 2.24) is 0 Å². The molecule has 0 bridgehead atoms. The van der Waals surface area contributed by atoms with Crippen LogP contribution in [-0.4, -0.2) is 18.6 Å². The molecule has 0 saturated carbocycles. The average Bonchev–Trinajstić information content (AvgIpc) is 1.68. The SMILES string of the molecule is C=NC(Cl)=NCC. The summed E-state index contributed by atoms with van der Waals surface area (Å²) in [5.74, 6) is 0. The zero-order chi connectivity index (χ0) is 5.70. The van der Waals surface area contributed by atoms with Gasteiger partial charge in [0, 0.05) is 6.54 Å². The van der Waals surface area contributed by atoms with Crippen LogP contribution in [0.25, 0.3) is 0 Å². The van der Waals surface area contributed by atoms with Crippen LogP contribution in [0.5, 0.6) is 0 Å². The minimum atomic E-state index is 0.238. The fraction of sp³-hybridized carbons (Fsp3) is 0.500. The smallest absolute Gasteiger partial charge is 0.217 e. The summed E-state index contributed by atoms with van der Waals surface area (Å²) in [5, 5.41) is 0.238. The van der Waals surface area contributed by atoms with Crippen LogP contribution in [-0.2, 0) is 0 Å². The lowest BCUT2D eigenvalue weighted by atomic mass is 10.8. The maximum absolute atomic E-state index is 5.29. The highest BCUT2D eigenvalue weighted by molar-refractivity contribution is 6.65. The fourth-order valence-corrected chi connectivity index (χ4v) is 0.300. The molecule has 0 unspecified atom stereocenters. The van der Waals surface area contributed by atoms with E-state index in [1.54, 1.807) is 0 Å². The van der Waals surface area contributed by atoms with E-state index in [2.05, 4.69) is 16.7 Å². The second-order valence-corrected chi connectivity index (χ2v) is 1.24. The Kier molecular flexibility index (Phi) is 3.61. The molecular weight excluding hydrogens is 112 g/mol. The molecular formula is C4H7ClN2. The van der Waals surface area contributed by atoms with Gasteiger partial charge in [-0.2, -0.15) is 0 Å². The maximum atomic E-state index is 5.29. The van der Waals surface area contributed by atoms with Crippen LogP contribution in [0.3, 0.4) is 0 Å². The summed E-state index contributed by atoms with van der Waals surface area (Å²) in [4.78, 5) is 7.04. The van der Waals surface area contributed by atoms with Crippen LogP contribution in [0.2, 0.25) is 0 Å². The van der Waals surface area contributed by atoms with E-state index in [1.807, 2.05) is 6.92 Å². The van der Waals surface area contributed by atoms with E-state index in [1.165, 1.54) is 0 Å². The van der Waals surface area contributed by atoms with Crippen LogP contribution in [0, 0.1) is 0 Å². The van der Waals surface area contributed by atoms with Crippen LogP contribution in [0.1, 0.15) is 6.92 Å². The van der Waals surface area contributed by atoms with Crippen LogP contribution < -0.4 is 0 Å². The molecule has 0 rings (SSSR count). The van der Waals surface area contributed by atoms with Gasteiger partial charge in [-0.1, -0.05) is 0 Å². The number of amidine groups is 1. The number of hydrogen-bond donors (Lipinski definition) is 0. The average molecular weight is 119 g/mol. The number of aliphatic imine (C=N–C) groups is 2. The Bertz CT molecular complexity index is 87.7. The van der Waals surface area contributed by atoms with Crippen LogP contribution in [0.15, 0.2) is 9.98 Å². The third-order valence-corrected chi connectivity index (χ3v) is 0.658. The van der Waals surface area contributed by atoms with Crippen molar-refractivity contribution in [3.8, 4) is 0 Å². The molecule has 0 amide bonds. The van der Waals surface area contributed by atoms with E-state index in [0.29, 0.717) is 6.54 Å². The number of hydrogen-bond acceptors (Lipinski definition) is 1. The fourth-order valence-electron chi connectivity index (χ4n) is 0.180. The monoisotopic (exact) mass is 118 g/mol. The van der Waals surface area contributed by atoms with Crippen LogP contribution >= 0.6 is 11.6 Å². The van der Waals surface area contributed by atoms with E-state index in [9.17, 15) is 0 Å². The summed E-state index contributed by atoms with van der Waals surface area (Å²) in [6.45, 7) is 5.71. The van der Waals surface area contributed by atoms with Crippen molar-refractivity contribution in [2.75, 3.05) is 6.54 Å². The lowest BCUT2D eigenvalue weighted by molar-refractivity contribution is 1.13. The highest BCUT2D eigenvalue weighted by Crippen LogP contribution is 1.83. The second-order valence-electron chi connectivity index (χ2n) is 0.901. The van der Waals surface area contributed by atoms with Gasteiger partial charge in [-0.3, -0.25) is 4.99 Å². The molecule has 0 atom stereocenters. The quantitative estimate of drug-likeness (QED) is 0.282. The van der Waals surface area contributed by atoms with Crippen molar-refractivity contribution in [3.05, 3.63) is 0 Å². The number of rotatable bonds is 1. The summed E-state index contributed by atoms with van der Waals surface area (Å²) in [6.07, 6.45) is 0. The second kappa shape index (κ2) is 3.81. The van der Waals surface area contributed by atoms with E-state index in [4.69, 9.17) is 11.6 Å². The Morgan fingerprint density at radius 1 is 1.86 bits per heavy atom.